The molecule has 3 rings (SSSR count). The molecule has 30 heavy (non-hydrogen) atoms. The van der Waals surface area contributed by atoms with Crippen molar-refractivity contribution < 1.29 is 13.6 Å². The van der Waals surface area contributed by atoms with Gasteiger partial charge in [-0.1, -0.05) is 29.3 Å². The van der Waals surface area contributed by atoms with Crippen LogP contribution < -0.4 is 10.2 Å². The second-order valence-corrected chi connectivity index (χ2v) is 8.68. The number of likely N-dealkylation sites (N-methyl/N-ethyl adjacent to an activating group) is 1. The number of hydrogen-bond acceptors (Lipinski definition) is 3. The minimum Gasteiger partial charge on any atom is -0.384 e. The van der Waals surface area contributed by atoms with Crippen LogP contribution in [0, 0.1) is 17.6 Å². The summed E-state index contributed by atoms with van der Waals surface area (Å²) in [6.45, 7) is 1.96. The van der Waals surface area contributed by atoms with Gasteiger partial charge in [0, 0.05) is 37.8 Å². The Balaban J connectivity index is 1.75. The summed E-state index contributed by atoms with van der Waals surface area (Å²) in [5, 5.41) is 4.04. The van der Waals surface area contributed by atoms with E-state index in [1.54, 1.807) is 17.0 Å². The standard InChI is InChI=1S/C22H25Cl2F2N3O/c1-28(2)8-7-27-17-11-18(23)22(19(24)12-17)29-13-14(3-6-21(29)30)9-15-4-5-16(25)10-20(15)26/h4-5,10-12,14,27H,3,6-9,13H2,1-2H3. The van der Waals surface area contributed by atoms with E-state index < -0.39 is 11.6 Å². The van der Waals surface area contributed by atoms with Crippen LogP contribution in [0.1, 0.15) is 18.4 Å². The van der Waals surface area contributed by atoms with Gasteiger partial charge in [0.05, 0.1) is 15.7 Å². The number of anilines is 2. The molecule has 1 fully saturated rings. The van der Waals surface area contributed by atoms with Crippen molar-refractivity contribution in [1.29, 1.82) is 0 Å². The average Bonchev–Trinajstić information content (AvgIpc) is 2.65. The quantitative estimate of drug-likeness (QED) is 0.620. The molecule has 0 radical (unpaired) electrons. The van der Waals surface area contributed by atoms with Gasteiger partial charge in [0.25, 0.3) is 0 Å². The van der Waals surface area contributed by atoms with Gasteiger partial charge < -0.3 is 15.1 Å². The van der Waals surface area contributed by atoms with Gasteiger partial charge in [0.15, 0.2) is 0 Å². The van der Waals surface area contributed by atoms with E-state index in [1.807, 2.05) is 14.1 Å². The fraction of sp³-hybridized carbons (Fsp3) is 0.409. The number of amides is 1. The highest BCUT2D eigenvalue weighted by molar-refractivity contribution is 6.40. The predicted molar refractivity (Wildman–Crippen MR) is 119 cm³/mol. The zero-order valence-corrected chi connectivity index (χ0v) is 18.5. The van der Waals surface area contributed by atoms with E-state index in [0.717, 1.165) is 24.8 Å². The molecule has 0 spiro atoms. The maximum Gasteiger partial charge on any atom is 0.227 e. The molecule has 0 aromatic heterocycles. The first kappa shape index (κ1) is 22.8. The van der Waals surface area contributed by atoms with Crippen molar-refractivity contribution in [3.05, 3.63) is 57.6 Å². The monoisotopic (exact) mass is 455 g/mol. The summed E-state index contributed by atoms with van der Waals surface area (Å²) < 4.78 is 27.2. The molecule has 0 bridgehead atoms. The van der Waals surface area contributed by atoms with Crippen LogP contribution in [-0.4, -0.2) is 44.5 Å². The maximum absolute atomic E-state index is 14.1. The van der Waals surface area contributed by atoms with Crippen LogP contribution in [0.3, 0.4) is 0 Å². The van der Waals surface area contributed by atoms with Crippen molar-refractivity contribution in [3.8, 4) is 0 Å². The Hall–Kier alpha value is -1.89. The maximum atomic E-state index is 14.1. The number of rotatable bonds is 7. The van der Waals surface area contributed by atoms with Gasteiger partial charge in [0.1, 0.15) is 11.6 Å². The van der Waals surface area contributed by atoms with E-state index in [1.165, 1.54) is 12.1 Å². The van der Waals surface area contributed by atoms with Gasteiger partial charge in [-0.05, 0) is 56.6 Å². The molecule has 0 aliphatic carbocycles. The van der Waals surface area contributed by atoms with Gasteiger partial charge in [-0.15, -0.1) is 0 Å². The first-order valence-electron chi connectivity index (χ1n) is 9.86. The first-order valence-corrected chi connectivity index (χ1v) is 10.6. The van der Waals surface area contributed by atoms with E-state index in [-0.39, 0.29) is 11.8 Å². The molecule has 1 unspecified atom stereocenters. The molecule has 162 valence electrons. The van der Waals surface area contributed by atoms with Crippen molar-refractivity contribution in [2.45, 2.75) is 19.3 Å². The second-order valence-electron chi connectivity index (χ2n) is 7.87. The van der Waals surface area contributed by atoms with E-state index in [0.29, 0.717) is 47.1 Å². The topological polar surface area (TPSA) is 35.6 Å². The Morgan fingerprint density at radius 1 is 1.17 bits per heavy atom. The molecule has 1 aliphatic heterocycles. The Kier molecular flexibility index (Phi) is 7.55. The van der Waals surface area contributed by atoms with Crippen molar-refractivity contribution in [2.75, 3.05) is 43.9 Å². The zero-order valence-electron chi connectivity index (χ0n) is 17.0. The Morgan fingerprint density at radius 3 is 2.50 bits per heavy atom. The lowest BCUT2D eigenvalue weighted by atomic mass is 9.90. The smallest absolute Gasteiger partial charge is 0.227 e. The van der Waals surface area contributed by atoms with Crippen LogP contribution >= 0.6 is 23.2 Å². The lowest BCUT2D eigenvalue weighted by Crippen LogP contribution is -2.41. The highest BCUT2D eigenvalue weighted by Crippen LogP contribution is 2.39. The minimum absolute atomic E-state index is 0.0210. The Morgan fingerprint density at radius 2 is 1.87 bits per heavy atom. The highest BCUT2D eigenvalue weighted by Gasteiger charge is 2.30. The molecule has 0 saturated carbocycles. The zero-order chi connectivity index (χ0) is 21.8. The summed E-state index contributed by atoms with van der Waals surface area (Å²) >= 11 is 13.0. The molecule has 1 atom stereocenters. The molecule has 1 aliphatic rings. The molecule has 1 N–H and O–H groups in total. The third-order valence-corrected chi connectivity index (χ3v) is 5.78. The molecule has 2 aromatic carbocycles. The highest BCUT2D eigenvalue weighted by atomic mass is 35.5. The summed E-state index contributed by atoms with van der Waals surface area (Å²) in [5.41, 5.74) is 1.70. The molecule has 4 nitrogen and oxygen atoms in total. The third-order valence-electron chi connectivity index (χ3n) is 5.21. The summed E-state index contributed by atoms with van der Waals surface area (Å²) in [6, 6.07) is 7.11. The molecule has 8 heteroatoms. The molecule has 2 aromatic rings. The number of halogens is 4. The summed E-state index contributed by atoms with van der Waals surface area (Å²) in [6.07, 6.45) is 1.36. The molecular formula is C22H25Cl2F2N3O. The van der Waals surface area contributed by atoms with Gasteiger partial charge in [-0.2, -0.15) is 0 Å². The fourth-order valence-electron chi connectivity index (χ4n) is 3.64. The van der Waals surface area contributed by atoms with Gasteiger partial charge in [0.2, 0.25) is 5.91 Å². The summed E-state index contributed by atoms with van der Waals surface area (Å²) in [4.78, 5) is 16.2. The number of carbonyl (C=O) groups is 1. The normalized spacial score (nSPS) is 17.0. The van der Waals surface area contributed by atoms with E-state index in [4.69, 9.17) is 23.2 Å². The van der Waals surface area contributed by atoms with Crippen molar-refractivity contribution >= 4 is 40.5 Å². The number of piperidine rings is 1. The molecule has 1 amide bonds. The number of nitrogens with zero attached hydrogens (tertiary/aromatic N) is 2. The average molecular weight is 456 g/mol. The van der Waals surface area contributed by atoms with Crippen LogP contribution in [0.15, 0.2) is 30.3 Å². The van der Waals surface area contributed by atoms with Crippen molar-refractivity contribution in [3.63, 3.8) is 0 Å². The predicted octanol–water partition coefficient (Wildman–Crippen LogP) is 5.23. The first-order chi connectivity index (χ1) is 14.2. The second kappa shape index (κ2) is 9.94. The Labute approximate surface area is 185 Å². The lowest BCUT2D eigenvalue weighted by molar-refractivity contribution is -0.120. The molecular weight excluding hydrogens is 431 g/mol. The lowest BCUT2D eigenvalue weighted by Gasteiger charge is -2.34. The largest absolute Gasteiger partial charge is 0.384 e. The van der Waals surface area contributed by atoms with Crippen LogP contribution in [0.4, 0.5) is 20.2 Å². The van der Waals surface area contributed by atoms with E-state index in [2.05, 4.69) is 10.2 Å². The van der Waals surface area contributed by atoms with Gasteiger partial charge in [-0.3, -0.25) is 4.79 Å². The number of benzene rings is 2. The summed E-state index contributed by atoms with van der Waals surface area (Å²) in [5.74, 6) is -1.21. The number of carbonyl (C=O) groups excluding carboxylic acids is 1. The minimum atomic E-state index is -0.602. The van der Waals surface area contributed by atoms with Crippen LogP contribution in [0.5, 0.6) is 0 Å². The van der Waals surface area contributed by atoms with Crippen molar-refractivity contribution in [2.24, 2.45) is 5.92 Å². The van der Waals surface area contributed by atoms with Crippen LogP contribution in [-0.2, 0) is 11.2 Å². The van der Waals surface area contributed by atoms with Crippen LogP contribution in [0.2, 0.25) is 10.0 Å². The van der Waals surface area contributed by atoms with E-state index >= 15 is 0 Å². The fourth-order valence-corrected chi connectivity index (χ4v) is 4.34. The summed E-state index contributed by atoms with van der Waals surface area (Å²) in [7, 11) is 3.97. The SMILES string of the molecule is CN(C)CCNc1cc(Cl)c(N2CC(Cc3ccc(F)cc3F)CCC2=O)c(Cl)c1. The van der Waals surface area contributed by atoms with E-state index in [9.17, 15) is 13.6 Å². The Bertz CT molecular complexity index is 900. The third kappa shape index (κ3) is 5.62. The van der Waals surface area contributed by atoms with Gasteiger partial charge in [-0.25, -0.2) is 8.78 Å². The van der Waals surface area contributed by atoms with Crippen molar-refractivity contribution in [1.82, 2.24) is 4.90 Å². The number of hydrogen-bond donors (Lipinski definition) is 1. The molecule has 1 heterocycles. The van der Waals surface area contributed by atoms with Crippen LogP contribution in [0.25, 0.3) is 0 Å². The number of nitrogens with one attached hydrogen (secondary N) is 1. The van der Waals surface area contributed by atoms with Gasteiger partial charge >= 0.3 is 0 Å². The molecule has 1 saturated heterocycles.